The Morgan fingerprint density at radius 2 is 1.81 bits per heavy atom. The van der Waals surface area contributed by atoms with Crippen LogP contribution in [0.1, 0.15) is 54.4 Å². The highest BCUT2D eigenvalue weighted by atomic mass is 16.8. The first-order valence-corrected chi connectivity index (χ1v) is 7.46. The van der Waals surface area contributed by atoms with Crippen molar-refractivity contribution in [2.45, 2.75) is 84.0 Å². The van der Waals surface area contributed by atoms with Gasteiger partial charge in [-0.3, -0.25) is 0 Å². The summed E-state index contributed by atoms with van der Waals surface area (Å²) < 4.78 is 22.3. The molecule has 0 spiro atoms. The molecule has 1 saturated heterocycles. The molecule has 6 nitrogen and oxygen atoms in total. The molecule has 1 rings (SSSR count). The van der Waals surface area contributed by atoms with E-state index in [1.807, 2.05) is 13.8 Å². The van der Waals surface area contributed by atoms with E-state index in [0.717, 1.165) is 0 Å². The van der Waals surface area contributed by atoms with Crippen LogP contribution in [-0.2, 0) is 18.9 Å². The molecule has 0 aromatic heterocycles. The number of rotatable bonds is 8. The summed E-state index contributed by atoms with van der Waals surface area (Å²) in [7, 11) is 0. The quantitative estimate of drug-likeness (QED) is 0.526. The molecule has 6 heteroatoms. The third-order valence-corrected chi connectivity index (χ3v) is 2.97. The van der Waals surface area contributed by atoms with Crippen LogP contribution in [0, 0.1) is 0 Å². The summed E-state index contributed by atoms with van der Waals surface area (Å²) in [6.45, 7) is 10.9. The topological polar surface area (TPSA) is 77.4 Å². The minimum atomic E-state index is -1.24. The zero-order valence-corrected chi connectivity index (χ0v) is 14.0. The SMILES string of the molecule is CC(C)(O)OCCCC(OC(C)(C)O)C1COC(C)(C)O1. The number of hydrogen-bond donors (Lipinski definition) is 2. The van der Waals surface area contributed by atoms with Gasteiger partial charge in [0.15, 0.2) is 17.4 Å². The molecule has 126 valence electrons. The highest BCUT2D eigenvalue weighted by molar-refractivity contribution is 4.80. The lowest BCUT2D eigenvalue weighted by Crippen LogP contribution is -2.40. The van der Waals surface area contributed by atoms with E-state index in [1.165, 1.54) is 0 Å². The van der Waals surface area contributed by atoms with Crippen LogP contribution in [0.2, 0.25) is 0 Å². The van der Waals surface area contributed by atoms with Gasteiger partial charge < -0.3 is 29.2 Å². The molecule has 2 unspecified atom stereocenters. The lowest BCUT2D eigenvalue weighted by atomic mass is 10.1. The number of ether oxygens (including phenoxy) is 4. The smallest absolute Gasteiger partial charge is 0.163 e. The molecule has 0 aromatic carbocycles. The molecule has 0 amide bonds. The highest BCUT2D eigenvalue weighted by Gasteiger charge is 2.39. The molecule has 0 radical (unpaired) electrons. The molecular formula is C15H30O6. The second kappa shape index (κ2) is 6.89. The Morgan fingerprint density at radius 1 is 1.19 bits per heavy atom. The Balaban J connectivity index is 2.50. The van der Waals surface area contributed by atoms with Gasteiger partial charge >= 0.3 is 0 Å². The van der Waals surface area contributed by atoms with Crippen LogP contribution in [0.15, 0.2) is 0 Å². The first-order valence-electron chi connectivity index (χ1n) is 7.46. The fraction of sp³-hybridized carbons (Fsp3) is 1.00. The van der Waals surface area contributed by atoms with Crippen molar-refractivity contribution in [2.75, 3.05) is 13.2 Å². The van der Waals surface area contributed by atoms with E-state index < -0.39 is 17.4 Å². The van der Waals surface area contributed by atoms with E-state index in [9.17, 15) is 10.2 Å². The molecule has 1 aliphatic rings. The molecule has 21 heavy (non-hydrogen) atoms. The molecule has 1 fully saturated rings. The maximum absolute atomic E-state index is 9.87. The standard InChI is InChI=1S/C15H30O6/c1-13(2,16)18-9-7-8-11(20-14(3,4)17)12-10-19-15(5,6)21-12/h11-12,16-17H,7-10H2,1-6H3. The lowest BCUT2D eigenvalue weighted by molar-refractivity contribution is -0.238. The van der Waals surface area contributed by atoms with Crippen molar-refractivity contribution in [3.63, 3.8) is 0 Å². The van der Waals surface area contributed by atoms with Crippen LogP contribution >= 0.6 is 0 Å². The second-order valence-electron chi connectivity index (χ2n) is 6.91. The predicted molar refractivity (Wildman–Crippen MR) is 77.6 cm³/mol. The first-order chi connectivity index (χ1) is 9.38. The monoisotopic (exact) mass is 306 g/mol. The summed E-state index contributed by atoms with van der Waals surface area (Å²) in [5.74, 6) is -3.01. The molecular weight excluding hydrogens is 276 g/mol. The van der Waals surface area contributed by atoms with E-state index >= 15 is 0 Å². The summed E-state index contributed by atoms with van der Waals surface area (Å²) in [5.41, 5.74) is 0. The van der Waals surface area contributed by atoms with Crippen LogP contribution in [0.4, 0.5) is 0 Å². The first kappa shape index (κ1) is 18.8. The van der Waals surface area contributed by atoms with Gasteiger partial charge in [0, 0.05) is 0 Å². The maximum atomic E-state index is 9.87. The number of aliphatic hydroxyl groups is 2. The summed E-state index contributed by atoms with van der Waals surface area (Å²) in [5, 5.41) is 19.4. The van der Waals surface area contributed by atoms with Crippen molar-refractivity contribution < 1.29 is 29.2 Å². The van der Waals surface area contributed by atoms with Crippen LogP contribution in [0.3, 0.4) is 0 Å². The highest BCUT2D eigenvalue weighted by Crippen LogP contribution is 2.28. The number of hydrogen-bond acceptors (Lipinski definition) is 6. The summed E-state index contributed by atoms with van der Waals surface area (Å²) >= 11 is 0. The van der Waals surface area contributed by atoms with E-state index in [0.29, 0.717) is 26.1 Å². The van der Waals surface area contributed by atoms with Crippen LogP contribution in [0.5, 0.6) is 0 Å². The molecule has 0 aliphatic carbocycles. The van der Waals surface area contributed by atoms with Crippen LogP contribution < -0.4 is 0 Å². The minimum absolute atomic E-state index is 0.228. The Labute approximate surface area is 127 Å². The van der Waals surface area contributed by atoms with Crippen LogP contribution in [-0.4, -0.2) is 53.0 Å². The molecule has 2 atom stereocenters. The van der Waals surface area contributed by atoms with Gasteiger partial charge in [-0.05, 0) is 54.4 Å². The van der Waals surface area contributed by atoms with Gasteiger partial charge in [-0.2, -0.15) is 0 Å². The van der Waals surface area contributed by atoms with E-state index in [1.54, 1.807) is 27.7 Å². The fourth-order valence-corrected chi connectivity index (χ4v) is 2.20. The van der Waals surface area contributed by atoms with Gasteiger partial charge in [0.05, 0.1) is 19.3 Å². The van der Waals surface area contributed by atoms with E-state index in [-0.39, 0.29) is 12.2 Å². The zero-order valence-electron chi connectivity index (χ0n) is 14.0. The Morgan fingerprint density at radius 3 is 2.24 bits per heavy atom. The Kier molecular flexibility index (Phi) is 6.17. The predicted octanol–water partition coefficient (Wildman–Crippen LogP) is 1.78. The van der Waals surface area contributed by atoms with Gasteiger partial charge in [-0.15, -0.1) is 0 Å². The fourth-order valence-electron chi connectivity index (χ4n) is 2.20. The summed E-state index contributed by atoms with van der Waals surface area (Å²) in [6.07, 6.45) is 0.806. The summed E-state index contributed by atoms with van der Waals surface area (Å²) in [4.78, 5) is 0. The van der Waals surface area contributed by atoms with Gasteiger partial charge in [0.25, 0.3) is 0 Å². The zero-order chi connectivity index (χ0) is 16.3. The molecule has 1 heterocycles. The summed E-state index contributed by atoms with van der Waals surface area (Å²) in [6, 6.07) is 0. The minimum Gasteiger partial charge on any atom is -0.366 e. The van der Waals surface area contributed by atoms with Crippen molar-refractivity contribution >= 4 is 0 Å². The average molecular weight is 306 g/mol. The molecule has 0 bridgehead atoms. The van der Waals surface area contributed by atoms with E-state index in [4.69, 9.17) is 18.9 Å². The van der Waals surface area contributed by atoms with Gasteiger partial charge in [0.2, 0.25) is 0 Å². The second-order valence-corrected chi connectivity index (χ2v) is 6.91. The van der Waals surface area contributed by atoms with Crippen molar-refractivity contribution in [2.24, 2.45) is 0 Å². The molecule has 1 aliphatic heterocycles. The lowest BCUT2D eigenvalue weighted by Gasteiger charge is -2.30. The average Bonchev–Trinajstić information content (AvgIpc) is 2.60. The third-order valence-electron chi connectivity index (χ3n) is 2.97. The van der Waals surface area contributed by atoms with E-state index in [2.05, 4.69) is 0 Å². The molecule has 0 saturated carbocycles. The van der Waals surface area contributed by atoms with Gasteiger partial charge in [0.1, 0.15) is 6.10 Å². The van der Waals surface area contributed by atoms with Crippen molar-refractivity contribution in [3.05, 3.63) is 0 Å². The van der Waals surface area contributed by atoms with Gasteiger partial charge in [-0.25, -0.2) is 0 Å². The molecule has 2 N–H and O–H groups in total. The normalized spacial score (nSPS) is 24.3. The third kappa shape index (κ3) is 8.09. The van der Waals surface area contributed by atoms with Crippen molar-refractivity contribution in [1.29, 1.82) is 0 Å². The van der Waals surface area contributed by atoms with Crippen molar-refractivity contribution in [3.8, 4) is 0 Å². The van der Waals surface area contributed by atoms with Crippen molar-refractivity contribution in [1.82, 2.24) is 0 Å². The molecule has 0 aromatic rings. The Bertz CT molecular complexity index is 315. The largest absolute Gasteiger partial charge is 0.366 e. The Hall–Kier alpha value is -0.240. The van der Waals surface area contributed by atoms with Crippen LogP contribution in [0.25, 0.3) is 0 Å². The van der Waals surface area contributed by atoms with Gasteiger partial charge in [-0.1, -0.05) is 0 Å². The maximum Gasteiger partial charge on any atom is 0.163 e.